The molecule has 2 heterocycles. The van der Waals surface area contributed by atoms with Crippen molar-refractivity contribution in [1.82, 2.24) is 0 Å². The largest absolute Gasteiger partial charge is 0.455 e. The number of benzene rings is 9. The van der Waals surface area contributed by atoms with Crippen LogP contribution in [0.15, 0.2) is 197 Å². The van der Waals surface area contributed by atoms with E-state index < -0.39 is 0 Å². The summed E-state index contributed by atoms with van der Waals surface area (Å²) in [6.45, 7) is 0. The minimum Gasteiger partial charge on any atom is -0.455 e. The standard InChI is InChI=1S/C50H31NO2/c1-3-13-38-32(10-1)12-7-16-39(38)34-22-27-36(28-23-34)51(45-19-9-21-47-48(45)44-31-26-33-11-2-4-14-40(33)50(44)53-47)37-29-24-35(25-30-37)41-17-8-18-43-42-15-5-6-20-46(42)52-49(41)43/h1-31H/i22D,23D,27D,28D. The summed E-state index contributed by atoms with van der Waals surface area (Å²) in [5.41, 5.74) is 7.30. The van der Waals surface area contributed by atoms with Gasteiger partial charge in [-0.3, -0.25) is 0 Å². The van der Waals surface area contributed by atoms with Crippen molar-refractivity contribution in [3.8, 4) is 22.3 Å². The lowest BCUT2D eigenvalue weighted by Crippen LogP contribution is -2.10. The van der Waals surface area contributed by atoms with E-state index in [1.54, 1.807) is 0 Å². The summed E-state index contributed by atoms with van der Waals surface area (Å²) in [4.78, 5) is 1.85. The molecule has 3 heteroatoms. The third kappa shape index (κ3) is 4.68. The summed E-state index contributed by atoms with van der Waals surface area (Å²) < 4.78 is 51.2. The molecule has 0 atom stereocenters. The number of rotatable bonds is 5. The van der Waals surface area contributed by atoms with Crippen LogP contribution in [0.5, 0.6) is 0 Å². The Morgan fingerprint density at radius 1 is 0.377 bits per heavy atom. The number of nitrogens with zero attached hydrogens (tertiary/aromatic N) is 1. The van der Waals surface area contributed by atoms with Crippen LogP contribution in [0, 0.1) is 0 Å². The van der Waals surface area contributed by atoms with Gasteiger partial charge >= 0.3 is 0 Å². The van der Waals surface area contributed by atoms with E-state index in [1.807, 2.05) is 132 Å². The van der Waals surface area contributed by atoms with E-state index in [4.69, 9.17) is 8.83 Å². The Morgan fingerprint density at radius 3 is 1.85 bits per heavy atom. The zero-order valence-corrected chi connectivity index (χ0v) is 28.4. The Morgan fingerprint density at radius 2 is 1.00 bits per heavy atom. The molecule has 3 nitrogen and oxygen atoms in total. The van der Waals surface area contributed by atoms with Crippen LogP contribution in [0.4, 0.5) is 17.1 Å². The third-order valence-electron chi connectivity index (χ3n) is 10.3. The predicted octanol–water partition coefficient (Wildman–Crippen LogP) is 14.6. The topological polar surface area (TPSA) is 29.5 Å². The van der Waals surface area contributed by atoms with Crippen LogP contribution in [0.1, 0.15) is 5.48 Å². The van der Waals surface area contributed by atoms with Gasteiger partial charge in [0.1, 0.15) is 22.3 Å². The van der Waals surface area contributed by atoms with E-state index in [0.717, 1.165) is 71.0 Å². The van der Waals surface area contributed by atoms with Gasteiger partial charge in [-0.25, -0.2) is 0 Å². The number of para-hydroxylation sites is 2. The molecule has 0 saturated heterocycles. The van der Waals surface area contributed by atoms with E-state index in [0.29, 0.717) is 22.5 Å². The Hall–Kier alpha value is -7.10. The van der Waals surface area contributed by atoms with Crippen LogP contribution >= 0.6 is 0 Å². The molecule has 0 spiro atoms. The lowest BCUT2D eigenvalue weighted by atomic mass is 9.98. The van der Waals surface area contributed by atoms with Crippen LogP contribution in [0.3, 0.4) is 0 Å². The average Bonchev–Trinajstić information content (AvgIpc) is 3.84. The molecular weight excluding hydrogens is 647 g/mol. The van der Waals surface area contributed by atoms with Gasteiger partial charge in [0.2, 0.25) is 0 Å². The van der Waals surface area contributed by atoms with Gasteiger partial charge in [0.15, 0.2) is 0 Å². The maximum absolute atomic E-state index is 9.65. The highest BCUT2D eigenvalue weighted by atomic mass is 16.3. The summed E-state index contributed by atoms with van der Waals surface area (Å²) >= 11 is 0. The highest BCUT2D eigenvalue weighted by molar-refractivity contribution is 6.19. The van der Waals surface area contributed by atoms with Gasteiger partial charge in [-0.2, -0.15) is 0 Å². The van der Waals surface area contributed by atoms with Crippen LogP contribution in [-0.4, -0.2) is 0 Å². The monoisotopic (exact) mass is 681 g/mol. The van der Waals surface area contributed by atoms with E-state index in [2.05, 4.69) is 36.4 Å². The lowest BCUT2D eigenvalue weighted by Gasteiger charge is -2.26. The maximum Gasteiger partial charge on any atom is 0.143 e. The first-order valence-electron chi connectivity index (χ1n) is 19.7. The van der Waals surface area contributed by atoms with E-state index in [9.17, 15) is 5.48 Å². The zero-order chi connectivity index (χ0) is 38.4. The van der Waals surface area contributed by atoms with Gasteiger partial charge in [0.05, 0.1) is 16.6 Å². The van der Waals surface area contributed by atoms with Gasteiger partial charge in [-0.1, -0.05) is 139 Å². The molecular formula is C50H31NO2. The van der Waals surface area contributed by atoms with Gasteiger partial charge < -0.3 is 13.7 Å². The second kappa shape index (κ2) is 11.7. The fraction of sp³-hybridized carbons (Fsp3) is 0. The van der Waals surface area contributed by atoms with Crippen molar-refractivity contribution in [3.05, 3.63) is 188 Å². The summed E-state index contributed by atoms with van der Waals surface area (Å²) in [5.74, 6) is 0. The van der Waals surface area contributed by atoms with Crippen LogP contribution < -0.4 is 4.90 Å². The quantitative estimate of drug-likeness (QED) is 0.181. The SMILES string of the molecule is [2H]c1c([2H])c(N(c2ccc(-c3cccc4c3oc3ccccc34)cc2)c2cccc3oc4c5ccccc5ccc4c23)c([2H])c([2H])c1-c1cccc2ccccc12. The first-order valence-corrected chi connectivity index (χ1v) is 17.7. The lowest BCUT2D eigenvalue weighted by molar-refractivity contribution is 0.670. The molecule has 0 unspecified atom stereocenters. The molecule has 0 saturated carbocycles. The normalized spacial score (nSPS) is 12.8. The first kappa shape index (κ1) is 25.8. The number of hydrogen-bond acceptors (Lipinski definition) is 3. The summed E-state index contributed by atoms with van der Waals surface area (Å²) in [6.07, 6.45) is 0. The highest BCUT2D eigenvalue weighted by Crippen LogP contribution is 2.45. The Balaban J connectivity index is 1.16. The van der Waals surface area contributed by atoms with Crippen molar-refractivity contribution in [1.29, 1.82) is 0 Å². The van der Waals surface area contributed by atoms with E-state index >= 15 is 0 Å². The van der Waals surface area contributed by atoms with Gasteiger partial charge in [-0.15, -0.1) is 0 Å². The van der Waals surface area contributed by atoms with Gasteiger partial charge in [0.25, 0.3) is 0 Å². The van der Waals surface area contributed by atoms with Crippen molar-refractivity contribution in [2.24, 2.45) is 0 Å². The minimum atomic E-state index is -0.148. The molecule has 9 aromatic carbocycles. The predicted molar refractivity (Wildman–Crippen MR) is 222 cm³/mol. The Bertz CT molecular complexity index is 3390. The second-order valence-electron chi connectivity index (χ2n) is 13.3. The van der Waals surface area contributed by atoms with Crippen molar-refractivity contribution in [2.45, 2.75) is 0 Å². The molecule has 2 aromatic heterocycles. The smallest absolute Gasteiger partial charge is 0.143 e. The first-order chi connectivity index (χ1) is 28.0. The summed E-state index contributed by atoms with van der Waals surface area (Å²) in [6, 6.07) is 53.3. The molecule has 0 aliphatic rings. The molecule has 0 bridgehead atoms. The molecule has 248 valence electrons. The zero-order valence-electron chi connectivity index (χ0n) is 32.4. The molecule has 11 rings (SSSR count). The summed E-state index contributed by atoms with van der Waals surface area (Å²) in [7, 11) is 0. The van der Waals surface area contributed by atoms with Crippen LogP contribution in [0.25, 0.3) is 87.7 Å². The number of fused-ring (bicyclic) bond motifs is 9. The second-order valence-corrected chi connectivity index (χ2v) is 13.3. The molecule has 53 heavy (non-hydrogen) atoms. The number of anilines is 3. The fourth-order valence-corrected chi connectivity index (χ4v) is 7.87. The number of hydrogen-bond donors (Lipinski definition) is 0. The maximum atomic E-state index is 9.65. The molecule has 0 fully saturated rings. The number of furan rings is 2. The highest BCUT2D eigenvalue weighted by Gasteiger charge is 2.21. The minimum absolute atomic E-state index is 0.115. The Labute approximate surface area is 311 Å². The van der Waals surface area contributed by atoms with E-state index in [-0.39, 0.29) is 35.4 Å². The van der Waals surface area contributed by atoms with Crippen molar-refractivity contribution < 1.29 is 14.3 Å². The average molecular weight is 682 g/mol. The van der Waals surface area contributed by atoms with Crippen molar-refractivity contribution >= 4 is 82.5 Å². The van der Waals surface area contributed by atoms with Gasteiger partial charge in [0, 0.05) is 38.5 Å². The molecule has 0 N–H and O–H groups in total. The van der Waals surface area contributed by atoms with Crippen molar-refractivity contribution in [3.63, 3.8) is 0 Å². The van der Waals surface area contributed by atoms with Crippen LogP contribution in [-0.2, 0) is 0 Å². The molecule has 0 radical (unpaired) electrons. The summed E-state index contributed by atoms with van der Waals surface area (Å²) in [5, 5.41) is 7.65. The molecule has 0 amide bonds. The van der Waals surface area contributed by atoms with Crippen LogP contribution in [0.2, 0.25) is 0 Å². The third-order valence-corrected chi connectivity index (χ3v) is 10.3. The van der Waals surface area contributed by atoms with Crippen molar-refractivity contribution in [2.75, 3.05) is 4.90 Å². The molecule has 0 aliphatic carbocycles. The van der Waals surface area contributed by atoms with E-state index in [1.165, 1.54) is 0 Å². The molecule has 0 aliphatic heterocycles. The fourth-order valence-electron chi connectivity index (χ4n) is 7.87. The van der Waals surface area contributed by atoms with Gasteiger partial charge in [-0.05, 0) is 81.3 Å². The molecule has 11 aromatic rings. The Kier molecular flexibility index (Phi) is 5.71.